The summed E-state index contributed by atoms with van der Waals surface area (Å²) in [6.07, 6.45) is 3.31. The van der Waals surface area contributed by atoms with Gasteiger partial charge in [0.25, 0.3) is 0 Å². The predicted octanol–water partition coefficient (Wildman–Crippen LogP) is 0.564. The van der Waals surface area contributed by atoms with Crippen LogP contribution in [0, 0.1) is 5.41 Å². The SMILES string of the molecule is OC[C@@H]1CC2(CCOCC2)CO1. The molecule has 70 valence electrons. The molecule has 0 aromatic rings. The molecule has 0 unspecified atom stereocenters. The van der Waals surface area contributed by atoms with Crippen molar-refractivity contribution in [1.82, 2.24) is 0 Å². The highest BCUT2D eigenvalue weighted by molar-refractivity contribution is 4.89. The largest absolute Gasteiger partial charge is 0.394 e. The zero-order valence-electron chi connectivity index (χ0n) is 7.29. The van der Waals surface area contributed by atoms with Gasteiger partial charge in [0, 0.05) is 18.6 Å². The maximum absolute atomic E-state index is 8.92. The summed E-state index contributed by atoms with van der Waals surface area (Å²) in [6.45, 7) is 2.72. The van der Waals surface area contributed by atoms with Crippen LogP contribution in [-0.4, -0.2) is 37.6 Å². The second-order valence-corrected chi connectivity index (χ2v) is 3.93. The Morgan fingerprint density at radius 1 is 1.33 bits per heavy atom. The molecule has 0 amide bonds. The van der Waals surface area contributed by atoms with E-state index in [1.807, 2.05) is 0 Å². The van der Waals surface area contributed by atoms with Crippen LogP contribution >= 0.6 is 0 Å². The minimum absolute atomic E-state index is 0.0862. The summed E-state index contributed by atoms with van der Waals surface area (Å²) >= 11 is 0. The highest BCUT2D eigenvalue weighted by atomic mass is 16.5. The number of rotatable bonds is 1. The Kier molecular flexibility index (Phi) is 2.35. The van der Waals surface area contributed by atoms with Gasteiger partial charge in [-0.25, -0.2) is 0 Å². The second-order valence-electron chi connectivity index (χ2n) is 3.93. The topological polar surface area (TPSA) is 38.7 Å². The van der Waals surface area contributed by atoms with Crippen molar-refractivity contribution in [3.05, 3.63) is 0 Å². The third kappa shape index (κ3) is 1.49. The van der Waals surface area contributed by atoms with Crippen molar-refractivity contribution in [1.29, 1.82) is 0 Å². The molecule has 1 N–H and O–H groups in total. The van der Waals surface area contributed by atoms with Crippen molar-refractivity contribution in [3.63, 3.8) is 0 Å². The van der Waals surface area contributed by atoms with Crippen LogP contribution in [0.5, 0.6) is 0 Å². The van der Waals surface area contributed by atoms with Crippen molar-refractivity contribution in [2.45, 2.75) is 25.4 Å². The van der Waals surface area contributed by atoms with Gasteiger partial charge in [0.05, 0.1) is 19.3 Å². The molecular weight excluding hydrogens is 156 g/mol. The summed E-state index contributed by atoms with van der Waals surface area (Å²) in [4.78, 5) is 0. The molecule has 2 heterocycles. The van der Waals surface area contributed by atoms with Gasteiger partial charge in [-0.3, -0.25) is 0 Å². The Balaban J connectivity index is 1.94. The molecule has 3 nitrogen and oxygen atoms in total. The maximum atomic E-state index is 8.92. The molecule has 0 bridgehead atoms. The molecule has 2 rings (SSSR count). The average molecular weight is 172 g/mol. The van der Waals surface area contributed by atoms with E-state index in [0.29, 0.717) is 5.41 Å². The van der Waals surface area contributed by atoms with Crippen molar-refractivity contribution < 1.29 is 14.6 Å². The van der Waals surface area contributed by atoms with E-state index in [1.54, 1.807) is 0 Å². The van der Waals surface area contributed by atoms with Crippen LogP contribution < -0.4 is 0 Å². The van der Waals surface area contributed by atoms with Gasteiger partial charge in [-0.2, -0.15) is 0 Å². The number of aliphatic hydroxyl groups excluding tert-OH is 1. The second kappa shape index (κ2) is 3.32. The van der Waals surface area contributed by atoms with Crippen LogP contribution in [0.1, 0.15) is 19.3 Å². The van der Waals surface area contributed by atoms with Crippen LogP contribution in [0.25, 0.3) is 0 Å². The average Bonchev–Trinajstić information content (AvgIpc) is 2.50. The van der Waals surface area contributed by atoms with Gasteiger partial charge in [-0.15, -0.1) is 0 Å². The van der Waals surface area contributed by atoms with E-state index >= 15 is 0 Å². The summed E-state index contributed by atoms with van der Waals surface area (Å²) in [5, 5.41) is 8.92. The van der Waals surface area contributed by atoms with Crippen LogP contribution in [0.15, 0.2) is 0 Å². The fourth-order valence-electron chi connectivity index (χ4n) is 2.17. The third-order valence-electron chi connectivity index (χ3n) is 3.04. The highest BCUT2D eigenvalue weighted by Gasteiger charge is 2.40. The molecule has 2 fully saturated rings. The van der Waals surface area contributed by atoms with E-state index in [0.717, 1.165) is 39.1 Å². The standard InChI is InChI=1S/C9H16O3/c10-6-8-5-9(7-12-8)1-3-11-4-2-9/h8,10H,1-7H2/t8-/m0/s1. The first-order valence-corrected chi connectivity index (χ1v) is 4.65. The third-order valence-corrected chi connectivity index (χ3v) is 3.04. The summed E-state index contributed by atoms with van der Waals surface area (Å²) in [7, 11) is 0. The molecule has 0 aromatic carbocycles. The monoisotopic (exact) mass is 172 g/mol. The first kappa shape index (κ1) is 8.48. The van der Waals surface area contributed by atoms with Gasteiger partial charge in [0.1, 0.15) is 0 Å². The van der Waals surface area contributed by atoms with Crippen LogP contribution in [0.4, 0.5) is 0 Å². The van der Waals surface area contributed by atoms with Crippen LogP contribution in [0.2, 0.25) is 0 Å². The molecule has 1 atom stereocenters. The summed E-state index contributed by atoms with van der Waals surface area (Å²) < 4.78 is 10.8. The minimum atomic E-state index is 0.0862. The Morgan fingerprint density at radius 3 is 2.67 bits per heavy atom. The molecule has 0 aromatic heterocycles. The summed E-state index contributed by atoms with van der Waals surface area (Å²) in [5.41, 5.74) is 0.339. The van der Waals surface area contributed by atoms with E-state index in [1.165, 1.54) is 0 Å². The number of aliphatic hydroxyl groups is 1. The Labute approximate surface area is 72.7 Å². The van der Waals surface area contributed by atoms with Crippen molar-refractivity contribution in [2.75, 3.05) is 26.4 Å². The lowest BCUT2D eigenvalue weighted by molar-refractivity contribution is 0.00458. The van der Waals surface area contributed by atoms with E-state index in [2.05, 4.69) is 0 Å². The molecule has 1 spiro atoms. The first-order valence-electron chi connectivity index (χ1n) is 4.65. The molecule has 2 saturated heterocycles. The number of hydrogen-bond acceptors (Lipinski definition) is 3. The lowest BCUT2D eigenvalue weighted by Crippen LogP contribution is -2.30. The normalized spacial score (nSPS) is 34.2. The van der Waals surface area contributed by atoms with Gasteiger partial charge in [-0.1, -0.05) is 0 Å². The highest BCUT2D eigenvalue weighted by Crippen LogP contribution is 2.40. The van der Waals surface area contributed by atoms with Gasteiger partial charge in [0.15, 0.2) is 0 Å². The molecule has 3 heteroatoms. The molecule has 0 aliphatic carbocycles. The minimum Gasteiger partial charge on any atom is -0.394 e. The Morgan fingerprint density at radius 2 is 2.08 bits per heavy atom. The first-order chi connectivity index (χ1) is 5.85. The van der Waals surface area contributed by atoms with Crippen molar-refractivity contribution in [3.8, 4) is 0 Å². The fourth-order valence-corrected chi connectivity index (χ4v) is 2.17. The van der Waals surface area contributed by atoms with Crippen molar-refractivity contribution in [2.24, 2.45) is 5.41 Å². The van der Waals surface area contributed by atoms with E-state index in [9.17, 15) is 0 Å². The maximum Gasteiger partial charge on any atom is 0.0812 e. The fraction of sp³-hybridized carbons (Fsp3) is 1.00. The van der Waals surface area contributed by atoms with Gasteiger partial charge in [0.2, 0.25) is 0 Å². The lowest BCUT2D eigenvalue weighted by atomic mass is 9.78. The zero-order chi connectivity index (χ0) is 8.44. The predicted molar refractivity (Wildman–Crippen MR) is 43.9 cm³/mol. The quantitative estimate of drug-likeness (QED) is 0.628. The molecular formula is C9H16O3. The van der Waals surface area contributed by atoms with Gasteiger partial charge in [-0.05, 0) is 19.3 Å². The van der Waals surface area contributed by atoms with Crippen LogP contribution in [0.3, 0.4) is 0 Å². The molecule has 12 heavy (non-hydrogen) atoms. The van der Waals surface area contributed by atoms with Crippen LogP contribution in [-0.2, 0) is 9.47 Å². The molecule has 2 aliphatic heterocycles. The van der Waals surface area contributed by atoms with Gasteiger partial charge < -0.3 is 14.6 Å². The number of ether oxygens (including phenoxy) is 2. The molecule has 0 radical (unpaired) electrons. The summed E-state index contributed by atoms with van der Waals surface area (Å²) in [5.74, 6) is 0. The van der Waals surface area contributed by atoms with Gasteiger partial charge >= 0.3 is 0 Å². The summed E-state index contributed by atoms with van der Waals surface area (Å²) in [6, 6.07) is 0. The van der Waals surface area contributed by atoms with Crippen molar-refractivity contribution >= 4 is 0 Å². The Bertz CT molecular complexity index is 152. The smallest absolute Gasteiger partial charge is 0.0812 e. The van der Waals surface area contributed by atoms with E-state index < -0.39 is 0 Å². The molecule has 0 saturated carbocycles. The molecule has 2 aliphatic rings. The lowest BCUT2D eigenvalue weighted by Gasteiger charge is -2.31. The van der Waals surface area contributed by atoms with E-state index in [4.69, 9.17) is 14.6 Å². The number of hydrogen-bond donors (Lipinski definition) is 1. The zero-order valence-corrected chi connectivity index (χ0v) is 7.29. The van der Waals surface area contributed by atoms with E-state index in [-0.39, 0.29) is 12.7 Å². The Hall–Kier alpha value is -0.120.